The van der Waals surface area contributed by atoms with E-state index in [0.29, 0.717) is 0 Å². The van der Waals surface area contributed by atoms with Gasteiger partial charge in [-0.05, 0) is 6.08 Å². The fraction of sp³-hybridized carbons (Fsp3) is 0.250. The third-order valence-corrected chi connectivity index (χ3v) is 0.413. The fourth-order valence-electron chi connectivity index (χ4n) is 0.173. The lowest BCUT2D eigenvalue weighted by atomic mass is 10.6. The molecule has 42 valence electrons. The van der Waals surface area contributed by atoms with E-state index in [-0.39, 0.29) is 6.54 Å². The number of nitroso groups, excluding NO2 is 1. The number of aliphatic imine (C=N–C) groups is 1. The minimum Gasteiger partial charge on any atom is -0.211 e. The van der Waals surface area contributed by atoms with Crippen molar-refractivity contribution in [3.8, 4) is 0 Å². The second-order valence-electron chi connectivity index (χ2n) is 0.917. The van der Waals surface area contributed by atoms with E-state index in [1.807, 2.05) is 0 Å². The van der Waals surface area contributed by atoms with E-state index in [0.717, 1.165) is 0 Å². The highest BCUT2D eigenvalue weighted by Crippen LogP contribution is 1.72. The van der Waals surface area contributed by atoms with Crippen LogP contribution in [0.25, 0.3) is 0 Å². The first kappa shape index (κ1) is 6.72. The molecule has 0 saturated heterocycles. The molecule has 0 radical (unpaired) electrons. The number of isocyanates is 1. The van der Waals surface area contributed by atoms with Crippen molar-refractivity contribution < 1.29 is 4.79 Å². The molecule has 0 aliphatic heterocycles. The van der Waals surface area contributed by atoms with Crippen LogP contribution in [0.15, 0.2) is 22.4 Å². The Kier molecular flexibility index (Phi) is 4.80. The summed E-state index contributed by atoms with van der Waals surface area (Å²) in [6.07, 6.45) is 3.81. The quantitative estimate of drug-likeness (QED) is 0.305. The third kappa shape index (κ3) is 4.72. The molecule has 8 heavy (non-hydrogen) atoms. The molecule has 0 spiro atoms. The summed E-state index contributed by atoms with van der Waals surface area (Å²) in [4.78, 5) is 21.7. The van der Waals surface area contributed by atoms with Gasteiger partial charge in [-0.3, -0.25) is 0 Å². The van der Waals surface area contributed by atoms with E-state index in [1.165, 1.54) is 18.4 Å². The molecule has 4 nitrogen and oxygen atoms in total. The first-order valence-corrected chi connectivity index (χ1v) is 1.93. The number of rotatable bonds is 3. The summed E-state index contributed by atoms with van der Waals surface area (Å²) < 4.78 is 0. The monoisotopic (exact) mass is 112 g/mol. The third-order valence-electron chi connectivity index (χ3n) is 0.413. The summed E-state index contributed by atoms with van der Waals surface area (Å²) in [7, 11) is 0. The minimum absolute atomic E-state index is 0.0468. The predicted octanol–water partition coefficient (Wildman–Crippen LogP) is 0.602. The van der Waals surface area contributed by atoms with E-state index in [9.17, 15) is 9.70 Å². The van der Waals surface area contributed by atoms with Crippen molar-refractivity contribution in [2.24, 2.45) is 10.2 Å². The standard InChI is InChI=1S/C4H4N2O2/c7-4-5-2-1-3-6-8/h1-2H,3H2/b2-1+. The van der Waals surface area contributed by atoms with Crippen molar-refractivity contribution in [2.75, 3.05) is 6.54 Å². The number of hydrogen-bond donors (Lipinski definition) is 0. The van der Waals surface area contributed by atoms with Crippen LogP contribution in [0.3, 0.4) is 0 Å². The Morgan fingerprint density at radius 3 is 2.88 bits per heavy atom. The Morgan fingerprint density at radius 1 is 1.62 bits per heavy atom. The zero-order valence-electron chi connectivity index (χ0n) is 4.07. The van der Waals surface area contributed by atoms with E-state index >= 15 is 0 Å². The van der Waals surface area contributed by atoms with E-state index < -0.39 is 0 Å². The predicted molar refractivity (Wildman–Crippen MR) is 27.9 cm³/mol. The Balaban J connectivity index is 3.33. The Morgan fingerprint density at radius 2 is 2.38 bits per heavy atom. The van der Waals surface area contributed by atoms with Crippen molar-refractivity contribution in [1.82, 2.24) is 0 Å². The van der Waals surface area contributed by atoms with Crippen LogP contribution in [0.2, 0.25) is 0 Å². The van der Waals surface area contributed by atoms with Crippen molar-refractivity contribution in [3.63, 3.8) is 0 Å². The maximum atomic E-state index is 9.33. The van der Waals surface area contributed by atoms with Gasteiger partial charge < -0.3 is 0 Å². The average molecular weight is 112 g/mol. The van der Waals surface area contributed by atoms with Gasteiger partial charge in [0.05, 0.1) is 0 Å². The summed E-state index contributed by atoms with van der Waals surface area (Å²) in [5, 5.41) is 2.48. The molecule has 0 aromatic carbocycles. The van der Waals surface area contributed by atoms with Crippen molar-refractivity contribution >= 4 is 6.08 Å². The van der Waals surface area contributed by atoms with E-state index in [2.05, 4.69) is 10.2 Å². The van der Waals surface area contributed by atoms with Crippen molar-refractivity contribution in [1.29, 1.82) is 0 Å². The van der Waals surface area contributed by atoms with Crippen LogP contribution in [0.1, 0.15) is 0 Å². The molecule has 0 aliphatic rings. The smallest absolute Gasteiger partial charge is 0.211 e. The van der Waals surface area contributed by atoms with Gasteiger partial charge >= 0.3 is 0 Å². The van der Waals surface area contributed by atoms with E-state index in [4.69, 9.17) is 0 Å². The van der Waals surface area contributed by atoms with Gasteiger partial charge in [0.15, 0.2) is 0 Å². The lowest BCUT2D eigenvalue weighted by Gasteiger charge is -1.66. The van der Waals surface area contributed by atoms with Gasteiger partial charge in [0.2, 0.25) is 6.08 Å². The van der Waals surface area contributed by atoms with Gasteiger partial charge in [0.25, 0.3) is 0 Å². The van der Waals surface area contributed by atoms with Gasteiger partial charge in [0, 0.05) is 6.20 Å². The lowest BCUT2D eigenvalue weighted by Crippen LogP contribution is -1.63. The van der Waals surface area contributed by atoms with Gasteiger partial charge in [-0.2, -0.15) is 9.90 Å². The van der Waals surface area contributed by atoms with Gasteiger partial charge in [-0.25, -0.2) is 4.79 Å². The van der Waals surface area contributed by atoms with Gasteiger partial charge in [0.1, 0.15) is 6.54 Å². The molecule has 0 unspecified atom stereocenters. The van der Waals surface area contributed by atoms with Crippen LogP contribution in [-0.2, 0) is 4.79 Å². The molecule has 0 amide bonds. The summed E-state index contributed by atoms with van der Waals surface area (Å²) in [6.45, 7) is 0.0468. The van der Waals surface area contributed by atoms with Crippen LogP contribution in [0.4, 0.5) is 0 Å². The van der Waals surface area contributed by atoms with Crippen LogP contribution in [0.5, 0.6) is 0 Å². The highest BCUT2D eigenvalue weighted by atomic mass is 16.3. The number of nitrogens with zero attached hydrogens (tertiary/aromatic N) is 2. The van der Waals surface area contributed by atoms with Crippen LogP contribution in [-0.4, -0.2) is 12.6 Å². The molecule has 0 aliphatic carbocycles. The molecule has 0 fully saturated rings. The van der Waals surface area contributed by atoms with E-state index in [1.54, 1.807) is 0 Å². The zero-order valence-corrected chi connectivity index (χ0v) is 4.07. The molecule has 0 rings (SSSR count). The summed E-state index contributed by atoms with van der Waals surface area (Å²) in [5.74, 6) is 0. The summed E-state index contributed by atoms with van der Waals surface area (Å²) in [5.41, 5.74) is 0. The summed E-state index contributed by atoms with van der Waals surface area (Å²) in [6, 6.07) is 0. The topological polar surface area (TPSA) is 58.9 Å². The normalized spacial score (nSPS) is 8.50. The van der Waals surface area contributed by atoms with Crippen molar-refractivity contribution in [2.45, 2.75) is 0 Å². The van der Waals surface area contributed by atoms with Crippen LogP contribution >= 0.6 is 0 Å². The molecule has 0 heterocycles. The van der Waals surface area contributed by atoms with Crippen molar-refractivity contribution in [3.05, 3.63) is 17.2 Å². The van der Waals surface area contributed by atoms with Gasteiger partial charge in [-0.15, -0.1) is 0 Å². The Hall–Kier alpha value is -1.28. The molecule has 0 saturated carbocycles. The fourth-order valence-corrected chi connectivity index (χ4v) is 0.173. The summed E-state index contributed by atoms with van der Waals surface area (Å²) >= 11 is 0. The molecule has 0 aromatic rings. The minimum atomic E-state index is 0.0468. The molecule has 0 bridgehead atoms. The average Bonchev–Trinajstić information content (AvgIpc) is 1.81. The molecule has 0 atom stereocenters. The maximum absolute atomic E-state index is 9.33. The zero-order chi connectivity index (χ0) is 6.24. The number of carbonyl (C=O) groups excluding carboxylic acids is 1. The van der Waals surface area contributed by atoms with Gasteiger partial charge in [-0.1, -0.05) is 5.18 Å². The van der Waals surface area contributed by atoms with Crippen LogP contribution in [0, 0.1) is 4.91 Å². The lowest BCUT2D eigenvalue weighted by molar-refractivity contribution is 0.565. The molecular weight excluding hydrogens is 108 g/mol. The Labute approximate surface area is 45.9 Å². The highest BCUT2D eigenvalue weighted by molar-refractivity contribution is 5.34. The second-order valence-corrected chi connectivity index (χ2v) is 0.917. The maximum Gasteiger partial charge on any atom is 0.239 e. The SMILES string of the molecule is O=C=N/C=C/CN=O. The first-order valence-electron chi connectivity index (χ1n) is 1.93. The second kappa shape index (κ2) is 5.72. The molecule has 4 heteroatoms. The first-order chi connectivity index (χ1) is 3.91. The molecule has 0 aromatic heterocycles. The largest absolute Gasteiger partial charge is 0.239 e. The molecule has 0 N–H and O–H groups in total. The molecular formula is C4H4N2O2. The van der Waals surface area contributed by atoms with Crippen LogP contribution < -0.4 is 0 Å². The Bertz CT molecular complexity index is 135. The number of hydrogen-bond acceptors (Lipinski definition) is 4. The highest BCUT2D eigenvalue weighted by Gasteiger charge is 1.66.